The first kappa shape index (κ1) is 20.2. The van der Waals surface area contributed by atoms with Gasteiger partial charge in [0.05, 0.1) is 22.2 Å². The molecule has 1 saturated heterocycles. The van der Waals surface area contributed by atoms with Crippen molar-refractivity contribution in [2.45, 2.75) is 37.5 Å². The van der Waals surface area contributed by atoms with E-state index < -0.39 is 22.7 Å². The highest BCUT2D eigenvalue weighted by atomic mass is 35.5. The van der Waals surface area contributed by atoms with Crippen LogP contribution in [0.25, 0.3) is 0 Å². The molecule has 0 unspecified atom stereocenters. The van der Waals surface area contributed by atoms with Gasteiger partial charge in [0.25, 0.3) is 5.91 Å². The van der Waals surface area contributed by atoms with Gasteiger partial charge in [-0.1, -0.05) is 24.1 Å². The van der Waals surface area contributed by atoms with E-state index in [0.29, 0.717) is 0 Å². The van der Waals surface area contributed by atoms with Gasteiger partial charge >= 0.3 is 6.18 Å². The summed E-state index contributed by atoms with van der Waals surface area (Å²) in [5, 5.41) is 6.25. The van der Waals surface area contributed by atoms with Gasteiger partial charge in [-0.2, -0.15) is 24.5 Å². The first-order chi connectivity index (χ1) is 12.8. The summed E-state index contributed by atoms with van der Waals surface area (Å²) in [7, 11) is 2.01. The van der Waals surface area contributed by atoms with Gasteiger partial charge in [0, 0.05) is 6.04 Å². The van der Waals surface area contributed by atoms with Crippen molar-refractivity contribution < 1.29 is 18.0 Å². The Morgan fingerprint density at radius 2 is 2.11 bits per heavy atom. The Labute approximate surface area is 165 Å². The standard InChI is InChI=1S/C19H20ClF3N2OS/c1-25-9-3-2-7-15(25)17(12-8-10-27-11-12)24-18(26)13-5-4-6-14(16(13)20)19(21,22)23/h4-6,8,10-11,15,17H,2-3,7,9H2,1H3,(H,24,26)/t15-,17-/m0/s1/i1-1. The van der Waals surface area contributed by atoms with Crippen LogP contribution in [0.5, 0.6) is 0 Å². The monoisotopic (exact) mass is 415 g/mol. The second-order valence-corrected chi connectivity index (χ2v) is 7.87. The molecule has 3 rings (SSSR count). The van der Waals surface area contributed by atoms with Crippen LogP contribution in [-0.4, -0.2) is 30.4 Å². The Morgan fingerprint density at radius 1 is 1.33 bits per heavy atom. The van der Waals surface area contributed by atoms with Crippen LogP contribution in [0.1, 0.15) is 46.8 Å². The Kier molecular flexibility index (Phi) is 6.13. The number of thiophene rings is 1. The maximum atomic E-state index is 13.1. The van der Waals surface area contributed by atoms with Gasteiger partial charge in [-0.05, 0) is 61.0 Å². The molecule has 0 spiro atoms. The van der Waals surface area contributed by atoms with Gasteiger partial charge in [-0.15, -0.1) is 0 Å². The van der Waals surface area contributed by atoms with Crippen molar-refractivity contribution in [2.75, 3.05) is 13.6 Å². The Morgan fingerprint density at radius 3 is 2.74 bits per heavy atom. The Bertz CT molecular complexity index is 795. The summed E-state index contributed by atoms with van der Waals surface area (Å²) < 4.78 is 39.3. The number of carbonyl (C=O) groups is 1. The van der Waals surface area contributed by atoms with Gasteiger partial charge in [-0.3, -0.25) is 4.79 Å². The van der Waals surface area contributed by atoms with E-state index in [-0.39, 0.29) is 17.6 Å². The second kappa shape index (κ2) is 8.20. The molecule has 146 valence electrons. The van der Waals surface area contributed by atoms with Crippen molar-refractivity contribution in [2.24, 2.45) is 0 Å². The molecule has 2 heterocycles. The van der Waals surface area contributed by atoms with Crippen LogP contribution in [0, 0.1) is 0 Å². The minimum absolute atomic E-state index is 0.0851. The molecule has 8 heteroatoms. The van der Waals surface area contributed by atoms with Crippen molar-refractivity contribution in [3.63, 3.8) is 0 Å². The summed E-state index contributed by atoms with van der Waals surface area (Å²) in [6.07, 6.45) is -1.55. The highest BCUT2D eigenvalue weighted by Gasteiger charge is 2.36. The van der Waals surface area contributed by atoms with Crippen LogP contribution < -0.4 is 5.32 Å². The summed E-state index contributed by atoms with van der Waals surface area (Å²) in [6, 6.07) is 5.12. The first-order valence-electron chi connectivity index (χ1n) is 8.68. The molecule has 1 amide bonds. The quantitative estimate of drug-likeness (QED) is 0.727. The number of halogens is 4. The highest BCUT2D eigenvalue weighted by molar-refractivity contribution is 7.08. The summed E-state index contributed by atoms with van der Waals surface area (Å²) >= 11 is 7.44. The van der Waals surface area contributed by atoms with E-state index in [9.17, 15) is 18.0 Å². The third kappa shape index (κ3) is 4.47. The largest absolute Gasteiger partial charge is 0.417 e. The van der Waals surface area contributed by atoms with E-state index in [4.69, 9.17) is 11.6 Å². The number of hydrogen-bond donors (Lipinski definition) is 1. The van der Waals surface area contributed by atoms with Gasteiger partial charge in [0.15, 0.2) is 0 Å². The van der Waals surface area contributed by atoms with Gasteiger partial charge < -0.3 is 10.2 Å². The maximum absolute atomic E-state index is 13.1. The van der Waals surface area contributed by atoms with Crippen molar-refractivity contribution >= 4 is 28.8 Å². The van der Waals surface area contributed by atoms with Crippen molar-refractivity contribution in [1.82, 2.24) is 10.2 Å². The molecule has 0 radical (unpaired) electrons. The van der Waals surface area contributed by atoms with Gasteiger partial charge in [-0.25, -0.2) is 0 Å². The van der Waals surface area contributed by atoms with Gasteiger partial charge in [0.2, 0.25) is 0 Å². The number of likely N-dealkylation sites (N-methyl/N-ethyl adjacent to an activating group) is 1. The number of amides is 1. The minimum Gasteiger partial charge on any atom is -0.344 e. The van der Waals surface area contributed by atoms with Gasteiger partial charge in [0.1, 0.15) is 0 Å². The number of rotatable bonds is 4. The number of nitrogens with one attached hydrogen (secondary N) is 1. The molecular formula is C19H20ClF3N2OS. The number of benzene rings is 1. The number of nitrogens with zero attached hydrogens (tertiary/aromatic N) is 1. The minimum atomic E-state index is -4.61. The molecule has 27 heavy (non-hydrogen) atoms. The lowest BCUT2D eigenvalue weighted by Crippen LogP contribution is -2.47. The zero-order valence-corrected chi connectivity index (χ0v) is 16.3. The van der Waals surface area contributed by atoms with Crippen LogP contribution in [0.4, 0.5) is 13.2 Å². The lowest BCUT2D eigenvalue weighted by atomic mass is 9.90. The van der Waals surface area contributed by atoms with E-state index in [2.05, 4.69) is 10.2 Å². The van der Waals surface area contributed by atoms with E-state index in [1.165, 1.54) is 23.5 Å². The zero-order valence-electron chi connectivity index (χ0n) is 14.7. The number of hydrogen-bond acceptors (Lipinski definition) is 3. The van der Waals surface area contributed by atoms with E-state index in [1.807, 2.05) is 23.9 Å². The summed E-state index contributed by atoms with van der Waals surface area (Å²) in [5.41, 5.74) is -0.209. The van der Waals surface area contributed by atoms with E-state index >= 15 is 0 Å². The van der Waals surface area contributed by atoms with Crippen LogP contribution in [0.15, 0.2) is 35.0 Å². The number of alkyl halides is 3. The Hall–Kier alpha value is -1.57. The number of piperidine rings is 1. The molecule has 1 N–H and O–H groups in total. The van der Waals surface area contributed by atoms with Crippen LogP contribution in [0.2, 0.25) is 5.02 Å². The molecule has 0 aliphatic carbocycles. The predicted octanol–water partition coefficient (Wildman–Crippen LogP) is 5.38. The van der Waals surface area contributed by atoms with Crippen molar-refractivity contribution in [1.29, 1.82) is 0 Å². The summed E-state index contributed by atoms with van der Waals surface area (Å²) in [5.74, 6) is -0.596. The third-order valence-corrected chi connectivity index (χ3v) is 6.06. The fourth-order valence-electron chi connectivity index (χ4n) is 3.52. The average molecular weight is 416 g/mol. The second-order valence-electron chi connectivity index (χ2n) is 6.72. The normalized spacial score (nSPS) is 19.7. The maximum Gasteiger partial charge on any atom is 0.417 e. The molecule has 2 aromatic rings. The summed E-state index contributed by atoms with van der Waals surface area (Å²) in [4.78, 5) is 15.0. The molecule has 1 aliphatic rings. The topological polar surface area (TPSA) is 32.3 Å². The fourth-order valence-corrected chi connectivity index (χ4v) is 4.54. The van der Waals surface area contributed by atoms with Crippen LogP contribution >= 0.6 is 22.9 Å². The van der Waals surface area contributed by atoms with E-state index in [0.717, 1.165) is 37.4 Å². The molecule has 3 nitrogen and oxygen atoms in total. The SMILES string of the molecule is [11CH3]N1CCCC[C@H]1[C@@H](NC(=O)c1cccc(C(F)(F)F)c1Cl)c1ccsc1. The zero-order chi connectivity index (χ0) is 19.6. The molecule has 0 bridgehead atoms. The van der Waals surface area contributed by atoms with Crippen molar-refractivity contribution in [3.05, 3.63) is 56.7 Å². The smallest absolute Gasteiger partial charge is 0.344 e. The molecular weight excluding hydrogens is 396 g/mol. The highest BCUT2D eigenvalue weighted by Crippen LogP contribution is 2.36. The van der Waals surface area contributed by atoms with Crippen LogP contribution in [-0.2, 0) is 6.18 Å². The lowest BCUT2D eigenvalue weighted by molar-refractivity contribution is -0.137. The first-order valence-corrected chi connectivity index (χ1v) is 10.00. The molecule has 2 atom stereocenters. The van der Waals surface area contributed by atoms with Crippen molar-refractivity contribution in [3.8, 4) is 0 Å². The number of likely N-dealkylation sites (tertiary alicyclic amines) is 1. The molecule has 1 aromatic carbocycles. The fraction of sp³-hybridized carbons (Fsp3) is 0.421. The molecule has 1 fully saturated rings. The molecule has 1 aliphatic heterocycles. The van der Waals surface area contributed by atoms with E-state index in [1.54, 1.807) is 0 Å². The molecule has 1 aromatic heterocycles. The predicted molar refractivity (Wildman–Crippen MR) is 101 cm³/mol. The average Bonchev–Trinajstić information content (AvgIpc) is 3.14. The lowest BCUT2D eigenvalue weighted by Gasteiger charge is -2.38. The molecule has 0 saturated carbocycles. The van der Waals surface area contributed by atoms with Crippen LogP contribution in [0.3, 0.4) is 0 Å². The summed E-state index contributed by atoms with van der Waals surface area (Å²) in [6.45, 7) is 0.922. The number of carbonyl (C=O) groups excluding carboxylic acids is 1. The third-order valence-electron chi connectivity index (χ3n) is 4.95. The Balaban J connectivity index is 1.90.